The molecule has 0 aliphatic rings. The van der Waals surface area contributed by atoms with Gasteiger partial charge in [0.1, 0.15) is 11.3 Å². The van der Waals surface area contributed by atoms with Crippen molar-refractivity contribution in [3.63, 3.8) is 0 Å². The quantitative estimate of drug-likeness (QED) is 0.667. The van der Waals surface area contributed by atoms with Crippen LogP contribution in [0.1, 0.15) is 22.9 Å². The highest BCUT2D eigenvalue weighted by molar-refractivity contribution is 9.10. The molecule has 1 N–H and O–H groups in total. The summed E-state index contributed by atoms with van der Waals surface area (Å²) in [5.41, 5.74) is 3.05. The molecule has 0 spiro atoms. The summed E-state index contributed by atoms with van der Waals surface area (Å²) in [5, 5.41) is 5.11. The van der Waals surface area contributed by atoms with Gasteiger partial charge in [0.15, 0.2) is 0 Å². The first kappa shape index (κ1) is 14.6. The number of aryl methyl sites for hydroxylation is 1. The lowest BCUT2D eigenvalue weighted by Crippen LogP contribution is -2.17. The van der Waals surface area contributed by atoms with Crippen LogP contribution >= 0.6 is 27.5 Å². The van der Waals surface area contributed by atoms with E-state index < -0.39 is 0 Å². The lowest BCUT2D eigenvalue weighted by Gasteiger charge is -2.16. The lowest BCUT2D eigenvalue weighted by atomic mass is 10.0. The lowest BCUT2D eigenvalue weighted by molar-refractivity contribution is 0.490. The van der Waals surface area contributed by atoms with Crippen LogP contribution in [0.25, 0.3) is 11.0 Å². The molecule has 3 aromatic rings. The molecule has 0 saturated heterocycles. The first-order chi connectivity index (χ1) is 10.1. The fourth-order valence-electron chi connectivity index (χ4n) is 2.56. The third kappa shape index (κ3) is 2.73. The minimum atomic E-state index is -0.0817. The number of hydrogen-bond acceptors (Lipinski definition) is 2. The van der Waals surface area contributed by atoms with Crippen LogP contribution in [0.15, 0.2) is 51.4 Å². The number of furan rings is 1. The van der Waals surface area contributed by atoms with E-state index in [4.69, 9.17) is 16.0 Å². The minimum absolute atomic E-state index is 0.0817. The van der Waals surface area contributed by atoms with E-state index in [0.29, 0.717) is 0 Å². The molecule has 0 fully saturated rings. The molecule has 0 aliphatic carbocycles. The monoisotopic (exact) mass is 363 g/mol. The molecule has 1 atom stereocenters. The van der Waals surface area contributed by atoms with Gasteiger partial charge in [0, 0.05) is 14.9 Å². The number of halogens is 2. The van der Waals surface area contributed by atoms with Crippen LogP contribution < -0.4 is 5.32 Å². The van der Waals surface area contributed by atoms with Gasteiger partial charge < -0.3 is 9.73 Å². The molecule has 1 aromatic heterocycles. The van der Waals surface area contributed by atoms with Crippen molar-refractivity contribution in [2.24, 2.45) is 0 Å². The van der Waals surface area contributed by atoms with Crippen molar-refractivity contribution in [2.75, 3.05) is 7.05 Å². The Balaban J connectivity index is 2.13. The van der Waals surface area contributed by atoms with Crippen molar-refractivity contribution in [3.8, 4) is 0 Å². The van der Waals surface area contributed by atoms with E-state index in [9.17, 15) is 0 Å². The third-order valence-electron chi connectivity index (χ3n) is 3.60. The number of nitrogens with one attached hydrogen (secondary N) is 1. The predicted molar refractivity (Wildman–Crippen MR) is 91.0 cm³/mol. The van der Waals surface area contributed by atoms with E-state index in [0.717, 1.165) is 37.4 Å². The molecular formula is C17H15BrClNO. The predicted octanol–water partition coefficient (Wildman–Crippen LogP) is 5.47. The van der Waals surface area contributed by atoms with E-state index in [1.807, 2.05) is 31.3 Å². The van der Waals surface area contributed by atoms with Gasteiger partial charge in [-0.1, -0.05) is 45.7 Å². The summed E-state index contributed by atoms with van der Waals surface area (Å²) in [7, 11) is 1.90. The molecule has 3 rings (SSSR count). The number of benzene rings is 2. The van der Waals surface area contributed by atoms with E-state index in [-0.39, 0.29) is 6.04 Å². The highest BCUT2D eigenvalue weighted by Crippen LogP contribution is 2.34. The average molecular weight is 365 g/mol. The van der Waals surface area contributed by atoms with Gasteiger partial charge >= 0.3 is 0 Å². The summed E-state index contributed by atoms with van der Waals surface area (Å²) in [6, 6.07) is 14.0. The Morgan fingerprint density at radius 3 is 2.71 bits per heavy atom. The van der Waals surface area contributed by atoms with E-state index in [1.54, 1.807) is 0 Å². The Kier molecular flexibility index (Phi) is 4.07. The third-order valence-corrected chi connectivity index (χ3v) is 4.44. The van der Waals surface area contributed by atoms with Crippen molar-refractivity contribution < 1.29 is 4.42 Å². The van der Waals surface area contributed by atoms with Crippen molar-refractivity contribution in [1.29, 1.82) is 0 Å². The molecule has 0 aliphatic heterocycles. The van der Waals surface area contributed by atoms with Crippen LogP contribution in [0, 0.1) is 6.92 Å². The van der Waals surface area contributed by atoms with Crippen molar-refractivity contribution in [2.45, 2.75) is 13.0 Å². The largest absolute Gasteiger partial charge is 0.459 e. The van der Waals surface area contributed by atoms with Crippen LogP contribution in [-0.2, 0) is 0 Å². The molecule has 4 heteroatoms. The smallest absolute Gasteiger partial charge is 0.137 e. The molecule has 0 bridgehead atoms. The molecule has 2 aromatic carbocycles. The van der Waals surface area contributed by atoms with Gasteiger partial charge in [-0.25, -0.2) is 0 Å². The minimum Gasteiger partial charge on any atom is -0.459 e. The van der Waals surface area contributed by atoms with Crippen molar-refractivity contribution in [3.05, 3.63) is 68.8 Å². The zero-order valence-electron chi connectivity index (χ0n) is 11.8. The second kappa shape index (κ2) is 5.84. The molecular weight excluding hydrogens is 350 g/mol. The maximum atomic E-state index is 6.35. The van der Waals surface area contributed by atoms with E-state index >= 15 is 0 Å². The summed E-state index contributed by atoms with van der Waals surface area (Å²) in [6.45, 7) is 2.05. The fourth-order valence-corrected chi connectivity index (χ4v) is 3.16. The first-order valence-corrected chi connectivity index (χ1v) is 7.88. The molecule has 108 valence electrons. The van der Waals surface area contributed by atoms with Gasteiger partial charge in [-0.3, -0.25) is 0 Å². The van der Waals surface area contributed by atoms with Crippen LogP contribution in [0.3, 0.4) is 0 Å². The highest BCUT2D eigenvalue weighted by atomic mass is 79.9. The zero-order valence-corrected chi connectivity index (χ0v) is 14.1. The zero-order chi connectivity index (χ0) is 15.0. The molecule has 0 amide bonds. The Labute approximate surface area is 137 Å². The molecule has 0 radical (unpaired) electrons. The standard InChI is InChI=1S/C17H15BrClNO/c1-10-4-3-5-11-8-15(21-17(10)11)16(20-2)13-9-12(18)6-7-14(13)19/h3-9,16,20H,1-2H3. The Hall–Kier alpha value is -1.29. The van der Waals surface area contributed by atoms with Crippen LogP contribution in [0.2, 0.25) is 5.02 Å². The summed E-state index contributed by atoms with van der Waals surface area (Å²) in [4.78, 5) is 0. The molecule has 2 nitrogen and oxygen atoms in total. The summed E-state index contributed by atoms with van der Waals surface area (Å²) in [5.74, 6) is 0.863. The van der Waals surface area contributed by atoms with Crippen molar-refractivity contribution >= 4 is 38.5 Å². The Morgan fingerprint density at radius 2 is 2.00 bits per heavy atom. The molecule has 21 heavy (non-hydrogen) atoms. The molecule has 0 saturated carbocycles. The maximum Gasteiger partial charge on any atom is 0.137 e. The SMILES string of the molecule is CNC(c1cc2cccc(C)c2o1)c1cc(Br)ccc1Cl. The van der Waals surface area contributed by atoms with Gasteiger partial charge in [0.2, 0.25) is 0 Å². The van der Waals surface area contributed by atoms with Gasteiger partial charge in [-0.05, 0) is 49.4 Å². The first-order valence-electron chi connectivity index (χ1n) is 6.71. The average Bonchev–Trinajstić information content (AvgIpc) is 2.89. The van der Waals surface area contributed by atoms with Gasteiger partial charge in [0.05, 0.1) is 6.04 Å². The fraction of sp³-hybridized carbons (Fsp3) is 0.176. The Bertz CT molecular complexity index is 797. The van der Waals surface area contributed by atoms with Gasteiger partial charge in [-0.2, -0.15) is 0 Å². The highest BCUT2D eigenvalue weighted by Gasteiger charge is 2.20. The van der Waals surface area contributed by atoms with Crippen molar-refractivity contribution in [1.82, 2.24) is 5.32 Å². The van der Waals surface area contributed by atoms with E-state index in [2.05, 4.69) is 46.4 Å². The van der Waals surface area contributed by atoms with E-state index in [1.165, 1.54) is 0 Å². The number of fused-ring (bicyclic) bond motifs is 1. The number of rotatable bonds is 3. The summed E-state index contributed by atoms with van der Waals surface area (Å²) in [6.07, 6.45) is 0. The van der Waals surface area contributed by atoms with Gasteiger partial charge in [0.25, 0.3) is 0 Å². The number of hydrogen-bond donors (Lipinski definition) is 1. The normalized spacial score (nSPS) is 12.8. The molecule has 1 heterocycles. The van der Waals surface area contributed by atoms with Crippen LogP contribution in [0.4, 0.5) is 0 Å². The molecule has 1 unspecified atom stereocenters. The number of para-hydroxylation sites is 1. The second-order valence-electron chi connectivity index (χ2n) is 5.03. The topological polar surface area (TPSA) is 25.2 Å². The van der Waals surface area contributed by atoms with Crippen LogP contribution in [0.5, 0.6) is 0 Å². The second-order valence-corrected chi connectivity index (χ2v) is 6.35. The summed E-state index contributed by atoms with van der Waals surface area (Å²) < 4.78 is 7.06. The summed E-state index contributed by atoms with van der Waals surface area (Å²) >= 11 is 9.84. The van der Waals surface area contributed by atoms with Gasteiger partial charge in [-0.15, -0.1) is 0 Å². The van der Waals surface area contributed by atoms with Crippen LogP contribution in [-0.4, -0.2) is 7.05 Å². The maximum absolute atomic E-state index is 6.35. The Morgan fingerprint density at radius 1 is 1.19 bits per heavy atom.